The Morgan fingerprint density at radius 2 is 1.43 bits per heavy atom. The number of alkyl carbamates (subject to hydrolysis) is 1. The van der Waals surface area contributed by atoms with E-state index in [0.717, 1.165) is 32.8 Å². The van der Waals surface area contributed by atoms with Crippen LogP contribution in [0, 0.1) is 0 Å². The lowest BCUT2D eigenvalue weighted by Gasteiger charge is -2.19. The predicted octanol–water partition coefficient (Wildman–Crippen LogP) is 4.27. The van der Waals surface area contributed by atoms with Crippen LogP contribution in [0.1, 0.15) is 31.9 Å². The second-order valence-electron chi connectivity index (χ2n) is 11.4. The van der Waals surface area contributed by atoms with E-state index in [1.54, 1.807) is 20.8 Å². The monoisotopic (exact) mass is 602 g/mol. The molecule has 10 heteroatoms. The van der Waals surface area contributed by atoms with Crippen LogP contribution in [0.3, 0.4) is 0 Å². The van der Waals surface area contributed by atoms with Gasteiger partial charge in [-0.05, 0) is 48.7 Å². The molecule has 0 aliphatic rings. The van der Waals surface area contributed by atoms with Crippen LogP contribution in [0.15, 0.2) is 72.9 Å². The van der Waals surface area contributed by atoms with Gasteiger partial charge in [0.2, 0.25) is 11.8 Å². The number of hydrogen-bond donors (Lipinski definition) is 4. The molecular weight excluding hydrogens is 560 g/mol. The van der Waals surface area contributed by atoms with Crippen LogP contribution in [-0.2, 0) is 36.6 Å². The molecule has 4 N–H and O–H groups in total. The first kappa shape index (κ1) is 32.5. The van der Waals surface area contributed by atoms with Gasteiger partial charge >= 0.3 is 6.09 Å². The number of rotatable bonds is 15. The zero-order valence-electron chi connectivity index (χ0n) is 25.6. The Morgan fingerprint density at radius 3 is 2.18 bits per heavy atom. The topological polar surface area (TPSA) is 131 Å². The Hall–Kier alpha value is -4.41. The third-order valence-corrected chi connectivity index (χ3v) is 6.81. The van der Waals surface area contributed by atoms with Crippen molar-refractivity contribution >= 4 is 39.6 Å². The summed E-state index contributed by atoms with van der Waals surface area (Å²) in [7, 11) is 0. The van der Waals surface area contributed by atoms with Crippen LogP contribution in [0.5, 0.6) is 0 Å². The van der Waals surface area contributed by atoms with Crippen LogP contribution < -0.4 is 16.0 Å². The number of amides is 3. The van der Waals surface area contributed by atoms with E-state index in [4.69, 9.17) is 14.2 Å². The van der Waals surface area contributed by atoms with Crippen LogP contribution in [0.4, 0.5) is 4.79 Å². The van der Waals surface area contributed by atoms with Crippen molar-refractivity contribution < 1.29 is 28.6 Å². The Labute approximate surface area is 257 Å². The molecule has 0 aliphatic carbocycles. The summed E-state index contributed by atoms with van der Waals surface area (Å²) in [5.41, 5.74) is 2.28. The molecule has 234 valence electrons. The van der Waals surface area contributed by atoms with E-state index < -0.39 is 17.7 Å². The third-order valence-electron chi connectivity index (χ3n) is 6.81. The smallest absolute Gasteiger partial charge is 0.407 e. The fraction of sp³-hybridized carbons (Fsp3) is 0.382. The van der Waals surface area contributed by atoms with Gasteiger partial charge in [-0.1, -0.05) is 60.7 Å². The molecule has 1 atom stereocenters. The van der Waals surface area contributed by atoms with Crippen molar-refractivity contribution in [1.82, 2.24) is 20.9 Å². The zero-order valence-corrected chi connectivity index (χ0v) is 25.6. The summed E-state index contributed by atoms with van der Waals surface area (Å²) in [6, 6.07) is 20.9. The minimum atomic E-state index is -0.766. The molecule has 4 aromatic rings. The summed E-state index contributed by atoms with van der Waals surface area (Å²) < 4.78 is 16.2. The standard InChI is InChI=1S/C34H42N4O6/c1-34(2,3)44-33(41)36-16-18-43-20-19-42-17-15-35-32(40)30(21-26-23-37-29-14-7-6-13-28(26)29)38-31(39)22-25-11-8-10-24-9-4-5-12-27(24)25/h4-14,23,30,37H,15-22H2,1-3H3,(H,35,40)(H,36,41)(H,38,39). The number of aromatic nitrogens is 1. The van der Waals surface area contributed by atoms with Crippen molar-refractivity contribution in [2.45, 2.75) is 45.3 Å². The SMILES string of the molecule is CC(C)(C)OC(=O)NCCOCCOCCNC(=O)C(Cc1c[nH]c2ccccc12)NC(=O)Cc1cccc2ccccc12. The Kier molecular flexibility index (Phi) is 11.7. The number of carbonyl (C=O) groups excluding carboxylic acids is 3. The van der Waals surface area contributed by atoms with Crippen molar-refractivity contribution in [2.24, 2.45) is 0 Å². The van der Waals surface area contributed by atoms with E-state index in [9.17, 15) is 14.4 Å². The van der Waals surface area contributed by atoms with Gasteiger partial charge < -0.3 is 35.1 Å². The number of carbonyl (C=O) groups is 3. The third kappa shape index (κ3) is 10.1. The molecule has 10 nitrogen and oxygen atoms in total. The second kappa shape index (κ2) is 15.9. The van der Waals surface area contributed by atoms with Gasteiger partial charge in [0.15, 0.2) is 0 Å². The zero-order chi connectivity index (χ0) is 31.4. The molecule has 0 saturated carbocycles. The molecule has 3 aromatic carbocycles. The lowest BCUT2D eigenvalue weighted by molar-refractivity contribution is -0.128. The van der Waals surface area contributed by atoms with Gasteiger partial charge in [0.05, 0.1) is 32.8 Å². The highest BCUT2D eigenvalue weighted by atomic mass is 16.6. The summed E-state index contributed by atoms with van der Waals surface area (Å²) in [5, 5.41) is 11.6. The maximum atomic E-state index is 13.3. The molecule has 1 unspecified atom stereocenters. The van der Waals surface area contributed by atoms with E-state index in [2.05, 4.69) is 20.9 Å². The van der Waals surface area contributed by atoms with Gasteiger partial charge in [0, 0.05) is 36.6 Å². The average Bonchev–Trinajstić information content (AvgIpc) is 3.39. The molecule has 3 amide bonds. The molecule has 44 heavy (non-hydrogen) atoms. The molecule has 0 fully saturated rings. The maximum Gasteiger partial charge on any atom is 0.407 e. The summed E-state index contributed by atoms with van der Waals surface area (Å²) in [6.07, 6.45) is 1.90. The van der Waals surface area contributed by atoms with Crippen molar-refractivity contribution in [1.29, 1.82) is 0 Å². The summed E-state index contributed by atoms with van der Waals surface area (Å²) in [5.74, 6) is -0.509. The summed E-state index contributed by atoms with van der Waals surface area (Å²) >= 11 is 0. The fourth-order valence-electron chi connectivity index (χ4n) is 4.83. The van der Waals surface area contributed by atoms with Crippen molar-refractivity contribution in [3.63, 3.8) is 0 Å². The molecule has 4 rings (SSSR count). The minimum absolute atomic E-state index is 0.162. The van der Waals surface area contributed by atoms with E-state index in [1.165, 1.54) is 0 Å². The van der Waals surface area contributed by atoms with Gasteiger partial charge in [-0.15, -0.1) is 0 Å². The number of benzene rings is 3. The van der Waals surface area contributed by atoms with E-state index >= 15 is 0 Å². The van der Waals surface area contributed by atoms with E-state index in [1.807, 2.05) is 72.9 Å². The first-order valence-electron chi connectivity index (χ1n) is 14.9. The van der Waals surface area contributed by atoms with Gasteiger partial charge in [-0.25, -0.2) is 4.79 Å². The highest BCUT2D eigenvalue weighted by Crippen LogP contribution is 2.21. The first-order valence-corrected chi connectivity index (χ1v) is 14.9. The van der Waals surface area contributed by atoms with Crippen LogP contribution in [0.2, 0.25) is 0 Å². The highest BCUT2D eigenvalue weighted by molar-refractivity contribution is 5.93. The lowest BCUT2D eigenvalue weighted by atomic mass is 10.0. The number of hydrogen-bond acceptors (Lipinski definition) is 6. The van der Waals surface area contributed by atoms with E-state index in [-0.39, 0.29) is 31.4 Å². The molecule has 1 aromatic heterocycles. The largest absolute Gasteiger partial charge is 0.444 e. The number of aromatic amines is 1. The quantitative estimate of drug-likeness (QED) is 0.150. The summed E-state index contributed by atoms with van der Waals surface area (Å²) in [4.78, 5) is 41.4. The predicted molar refractivity (Wildman–Crippen MR) is 170 cm³/mol. The van der Waals surface area contributed by atoms with Crippen LogP contribution in [0.25, 0.3) is 21.7 Å². The van der Waals surface area contributed by atoms with Gasteiger partial charge in [0.25, 0.3) is 0 Å². The molecule has 0 radical (unpaired) electrons. The van der Waals surface area contributed by atoms with Crippen LogP contribution >= 0.6 is 0 Å². The highest BCUT2D eigenvalue weighted by Gasteiger charge is 2.23. The molecule has 0 aliphatic heterocycles. The number of ether oxygens (including phenoxy) is 3. The number of H-pyrrole nitrogens is 1. The number of fused-ring (bicyclic) bond motifs is 2. The molecular formula is C34H42N4O6. The van der Waals surface area contributed by atoms with Crippen molar-refractivity contribution in [2.75, 3.05) is 39.5 Å². The Balaban J connectivity index is 1.24. The average molecular weight is 603 g/mol. The maximum absolute atomic E-state index is 13.3. The fourth-order valence-corrected chi connectivity index (χ4v) is 4.83. The Bertz CT molecular complexity index is 1540. The molecule has 0 spiro atoms. The minimum Gasteiger partial charge on any atom is -0.444 e. The number of para-hydroxylation sites is 1. The molecule has 0 bridgehead atoms. The number of nitrogens with one attached hydrogen (secondary N) is 4. The first-order chi connectivity index (χ1) is 21.2. The lowest BCUT2D eigenvalue weighted by Crippen LogP contribution is -2.49. The van der Waals surface area contributed by atoms with E-state index in [0.29, 0.717) is 32.8 Å². The van der Waals surface area contributed by atoms with Gasteiger partial charge in [0.1, 0.15) is 11.6 Å². The molecule has 1 heterocycles. The van der Waals surface area contributed by atoms with Crippen molar-refractivity contribution in [3.05, 3.63) is 84.1 Å². The Morgan fingerprint density at radius 1 is 0.773 bits per heavy atom. The normalized spacial score (nSPS) is 12.2. The van der Waals surface area contributed by atoms with Crippen LogP contribution in [-0.4, -0.2) is 74.1 Å². The molecule has 0 saturated heterocycles. The van der Waals surface area contributed by atoms with Gasteiger partial charge in [-0.2, -0.15) is 0 Å². The second-order valence-corrected chi connectivity index (χ2v) is 11.4. The summed E-state index contributed by atoms with van der Waals surface area (Å²) in [6.45, 7) is 7.31. The van der Waals surface area contributed by atoms with Gasteiger partial charge in [-0.3, -0.25) is 9.59 Å². The van der Waals surface area contributed by atoms with Crippen molar-refractivity contribution in [3.8, 4) is 0 Å².